The zero-order valence-electron chi connectivity index (χ0n) is 6.56. The van der Waals surface area contributed by atoms with Crippen molar-refractivity contribution in [3.8, 4) is 0 Å². The highest BCUT2D eigenvalue weighted by atomic mass is 19.3. The minimum Gasteiger partial charge on any atom is -0.252 e. The summed E-state index contributed by atoms with van der Waals surface area (Å²) in [7, 11) is 0. The Balaban J connectivity index is 3.31. The molecule has 72 valence electrons. The van der Waals surface area contributed by atoms with E-state index in [1.54, 1.807) is 0 Å². The third-order valence-electron chi connectivity index (χ3n) is 1.42. The molecule has 5 heteroatoms. The predicted octanol–water partition coefficient (Wildman–Crippen LogP) is 2.28. The van der Waals surface area contributed by atoms with Crippen LogP contribution in [0, 0.1) is 0 Å². The smallest absolute Gasteiger partial charge is 0.252 e. The number of carbonyl (C=O) groups is 1. The first kappa shape index (κ1) is 11.3. The normalized spacial score (nSPS) is 12.6. The Morgan fingerprint density at radius 2 is 2.00 bits per heavy atom. The van der Waals surface area contributed by atoms with Crippen LogP contribution in [0.3, 0.4) is 0 Å². The van der Waals surface area contributed by atoms with Crippen molar-refractivity contribution in [2.45, 2.75) is 31.9 Å². The Morgan fingerprint density at radius 1 is 1.33 bits per heavy atom. The van der Waals surface area contributed by atoms with Crippen LogP contribution in [0.5, 0.6) is 0 Å². The minimum atomic E-state index is -1.92. The number of carbonyl (C=O) groups excluding carboxylic acids is 1. The lowest BCUT2D eigenvalue weighted by molar-refractivity contribution is -0.190. The average Bonchev–Trinajstić information content (AvgIpc) is 2.10. The van der Waals surface area contributed by atoms with Gasteiger partial charge in [-0.3, -0.25) is 9.33 Å². The molecule has 2 nitrogen and oxygen atoms in total. The van der Waals surface area contributed by atoms with Crippen molar-refractivity contribution in [2.75, 3.05) is 6.67 Å². The van der Waals surface area contributed by atoms with Crippen molar-refractivity contribution >= 4 is 5.97 Å². The monoisotopic (exact) mass is 184 g/mol. The minimum absolute atomic E-state index is 0.108. The van der Waals surface area contributed by atoms with Crippen molar-refractivity contribution in [2.24, 2.45) is 0 Å². The Morgan fingerprint density at radius 3 is 2.50 bits per heavy atom. The molecule has 0 heterocycles. The van der Waals surface area contributed by atoms with Crippen LogP contribution in [-0.2, 0) is 9.74 Å². The van der Waals surface area contributed by atoms with Gasteiger partial charge in [-0.1, -0.05) is 6.42 Å². The van der Waals surface area contributed by atoms with E-state index in [4.69, 9.17) is 0 Å². The molecule has 1 unspecified atom stereocenters. The van der Waals surface area contributed by atoms with Crippen molar-refractivity contribution in [3.63, 3.8) is 0 Å². The fourth-order valence-corrected chi connectivity index (χ4v) is 0.761. The summed E-state index contributed by atoms with van der Waals surface area (Å²) in [4.78, 5) is 12.8. The van der Waals surface area contributed by atoms with Crippen molar-refractivity contribution < 1.29 is 23.0 Å². The van der Waals surface area contributed by atoms with E-state index in [1.165, 1.54) is 0 Å². The van der Waals surface area contributed by atoms with Gasteiger partial charge >= 0.3 is 5.97 Å². The number of rotatable bonds is 6. The SMILES string of the molecule is O=C(OF)C(F)CCCCCF. The summed E-state index contributed by atoms with van der Waals surface area (Å²) in [6.45, 7) is -0.454. The molecular formula is C7H11F3O2. The van der Waals surface area contributed by atoms with E-state index in [-0.39, 0.29) is 6.42 Å². The van der Waals surface area contributed by atoms with Gasteiger partial charge in [0.25, 0.3) is 0 Å². The van der Waals surface area contributed by atoms with Gasteiger partial charge in [0.05, 0.1) is 6.67 Å². The highest BCUT2D eigenvalue weighted by molar-refractivity contribution is 5.73. The molecule has 0 aliphatic heterocycles. The van der Waals surface area contributed by atoms with E-state index in [9.17, 15) is 18.1 Å². The molecule has 0 aromatic carbocycles. The number of halogens is 3. The quantitative estimate of drug-likeness (QED) is 0.592. The lowest BCUT2D eigenvalue weighted by atomic mass is 10.1. The Kier molecular flexibility index (Phi) is 6.51. The van der Waals surface area contributed by atoms with Gasteiger partial charge in [-0.05, 0) is 19.3 Å². The van der Waals surface area contributed by atoms with Crippen LogP contribution < -0.4 is 0 Å². The molecule has 0 N–H and O–H groups in total. The van der Waals surface area contributed by atoms with E-state index < -0.39 is 18.8 Å². The summed E-state index contributed by atoms with van der Waals surface area (Å²) in [6, 6.07) is 0. The lowest BCUT2D eigenvalue weighted by Gasteiger charge is -2.01. The van der Waals surface area contributed by atoms with Gasteiger partial charge in [0, 0.05) is 4.53 Å². The standard InChI is InChI=1S/C7H11F3O2/c8-5-3-1-2-4-6(9)7(11)12-10/h6H,1-5H2. The summed E-state index contributed by atoms with van der Waals surface area (Å²) >= 11 is 0. The van der Waals surface area contributed by atoms with Crippen LogP contribution in [0.25, 0.3) is 0 Å². The van der Waals surface area contributed by atoms with Crippen molar-refractivity contribution in [1.29, 1.82) is 0 Å². The molecule has 0 amide bonds. The van der Waals surface area contributed by atoms with Crippen LogP contribution in [0.2, 0.25) is 0 Å². The maximum atomic E-state index is 12.4. The van der Waals surface area contributed by atoms with E-state index in [0.717, 1.165) is 0 Å². The van der Waals surface area contributed by atoms with Crippen molar-refractivity contribution in [1.82, 2.24) is 0 Å². The van der Waals surface area contributed by atoms with E-state index in [0.29, 0.717) is 19.3 Å². The molecule has 0 aliphatic rings. The van der Waals surface area contributed by atoms with Crippen LogP contribution in [0.1, 0.15) is 25.7 Å². The van der Waals surface area contributed by atoms with Crippen LogP contribution in [0.15, 0.2) is 0 Å². The molecule has 0 spiro atoms. The van der Waals surface area contributed by atoms with Gasteiger partial charge in [-0.15, -0.1) is 0 Å². The zero-order chi connectivity index (χ0) is 9.40. The third kappa shape index (κ3) is 4.98. The summed E-state index contributed by atoms with van der Waals surface area (Å²) in [6.07, 6.45) is -0.828. The van der Waals surface area contributed by atoms with Gasteiger partial charge in [0.1, 0.15) is 0 Å². The molecule has 0 aliphatic carbocycles. The maximum absolute atomic E-state index is 12.4. The first-order valence-corrected chi connectivity index (χ1v) is 3.74. The second-order valence-corrected chi connectivity index (χ2v) is 2.40. The van der Waals surface area contributed by atoms with E-state index in [1.807, 2.05) is 0 Å². The van der Waals surface area contributed by atoms with Crippen molar-refractivity contribution in [3.05, 3.63) is 0 Å². The van der Waals surface area contributed by atoms with Crippen LogP contribution >= 0.6 is 0 Å². The molecular weight excluding hydrogens is 173 g/mol. The van der Waals surface area contributed by atoms with Crippen LogP contribution in [0.4, 0.5) is 13.3 Å². The van der Waals surface area contributed by atoms with E-state index >= 15 is 0 Å². The maximum Gasteiger partial charge on any atom is 0.382 e. The molecule has 0 aromatic rings. The van der Waals surface area contributed by atoms with Gasteiger partial charge in [0.2, 0.25) is 6.17 Å². The summed E-state index contributed by atoms with van der Waals surface area (Å²) < 4.78 is 35.0. The molecule has 0 aromatic heterocycles. The molecule has 0 radical (unpaired) electrons. The third-order valence-corrected chi connectivity index (χ3v) is 1.42. The second kappa shape index (κ2) is 6.94. The van der Waals surface area contributed by atoms with E-state index in [2.05, 4.69) is 4.94 Å². The average molecular weight is 184 g/mol. The highest BCUT2D eigenvalue weighted by Crippen LogP contribution is 2.08. The first-order chi connectivity index (χ1) is 5.72. The zero-order valence-corrected chi connectivity index (χ0v) is 6.56. The fourth-order valence-electron chi connectivity index (χ4n) is 0.761. The largest absolute Gasteiger partial charge is 0.382 e. The molecule has 0 rings (SSSR count). The summed E-state index contributed by atoms with van der Waals surface area (Å²) in [5, 5.41) is 0. The van der Waals surface area contributed by atoms with Gasteiger partial charge in [-0.2, -0.15) is 0 Å². The number of hydrogen-bond donors (Lipinski definition) is 0. The topological polar surface area (TPSA) is 26.3 Å². The number of hydrogen-bond acceptors (Lipinski definition) is 2. The first-order valence-electron chi connectivity index (χ1n) is 3.74. The predicted molar refractivity (Wildman–Crippen MR) is 36.5 cm³/mol. The number of unbranched alkanes of at least 4 members (excludes halogenated alkanes) is 2. The number of alkyl halides is 2. The Labute approximate surface area is 68.6 Å². The second-order valence-electron chi connectivity index (χ2n) is 2.40. The Hall–Kier alpha value is -0.740. The molecule has 0 saturated carbocycles. The van der Waals surface area contributed by atoms with Gasteiger partial charge in [0.15, 0.2) is 0 Å². The lowest BCUT2D eigenvalue weighted by Crippen LogP contribution is -2.15. The van der Waals surface area contributed by atoms with Gasteiger partial charge < -0.3 is 0 Å². The van der Waals surface area contributed by atoms with Crippen LogP contribution in [-0.4, -0.2) is 18.8 Å². The summed E-state index contributed by atoms with van der Waals surface area (Å²) in [5.74, 6) is -1.50. The molecule has 0 fully saturated rings. The van der Waals surface area contributed by atoms with Gasteiger partial charge in [-0.25, -0.2) is 9.18 Å². The molecule has 0 saturated heterocycles. The molecule has 0 bridgehead atoms. The summed E-state index contributed by atoms with van der Waals surface area (Å²) in [5.41, 5.74) is 0. The highest BCUT2D eigenvalue weighted by Gasteiger charge is 2.18. The molecule has 12 heavy (non-hydrogen) atoms. The fraction of sp³-hybridized carbons (Fsp3) is 0.857. The molecule has 1 atom stereocenters. The Bertz CT molecular complexity index is 130.